The lowest BCUT2D eigenvalue weighted by Gasteiger charge is -2.19. The van der Waals surface area contributed by atoms with Gasteiger partial charge < -0.3 is 30.5 Å². The van der Waals surface area contributed by atoms with E-state index in [0.717, 1.165) is 39.1 Å². The number of aromatic hydroxyl groups is 1. The van der Waals surface area contributed by atoms with E-state index in [1.54, 1.807) is 26.3 Å². The highest BCUT2D eigenvalue weighted by molar-refractivity contribution is 5.81. The summed E-state index contributed by atoms with van der Waals surface area (Å²) in [5, 5.41) is 26.7. The third-order valence-corrected chi connectivity index (χ3v) is 4.33. The predicted molar refractivity (Wildman–Crippen MR) is 109 cm³/mol. The first-order chi connectivity index (χ1) is 13.0. The molecule has 4 N–H and O–H groups in total. The van der Waals surface area contributed by atoms with Gasteiger partial charge in [0, 0.05) is 39.4 Å². The van der Waals surface area contributed by atoms with Crippen LogP contribution in [0.4, 0.5) is 5.69 Å². The van der Waals surface area contributed by atoms with Crippen LogP contribution >= 0.6 is 0 Å². The summed E-state index contributed by atoms with van der Waals surface area (Å²) in [4.78, 5) is 12.9. The average Bonchev–Trinajstić information content (AvgIpc) is 2.66. The van der Waals surface area contributed by atoms with Crippen molar-refractivity contribution in [2.24, 2.45) is 0 Å². The lowest BCUT2D eigenvalue weighted by molar-refractivity contribution is -0.104. The van der Waals surface area contributed by atoms with E-state index >= 15 is 0 Å². The number of methoxy groups -OCH3 is 1. The van der Waals surface area contributed by atoms with Crippen LogP contribution in [0.25, 0.3) is 6.08 Å². The quantitative estimate of drug-likeness (QED) is 0.169. The lowest BCUT2D eigenvalue weighted by Crippen LogP contribution is -2.28. The van der Waals surface area contributed by atoms with Gasteiger partial charge in [0.25, 0.3) is 0 Å². The third-order valence-electron chi connectivity index (χ3n) is 4.33. The van der Waals surface area contributed by atoms with E-state index in [-0.39, 0.29) is 5.75 Å². The van der Waals surface area contributed by atoms with Crippen LogP contribution in [0.2, 0.25) is 0 Å². The molecule has 0 radical (unpaired) electrons. The molecule has 27 heavy (non-hydrogen) atoms. The van der Waals surface area contributed by atoms with Gasteiger partial charge in [-0.25, -0.2) is 0 Å². The summed E-state index contributed by atoms with van der Waals surface area (Å²) in [6, 6.07) is 3.22. The number of aldehydes is 1. The molecule has 0 saturated heterocycles. The van der Waals surface area contributed by atoms with E-state index in [2.05, 4.69) is 22.6 Å². The van der Waals surface area contributed by atoms with Crippen molar-refractivity contribution in [3.63, 3.8) is 0 Å². The van der Waals surface area contributed by atoms with E-state index < -0.39 is 6.10 Å². The molecule has 0 fully saturated rings. The first-order valence-corrected chi connectivity index (χ1v) is 9.26. The number of phenols is 1. The Balaban J connectivity index is 2.54. The van der Waals surface area contributed by atoms with Crippen molar-refractivity contribution in [1.29, 1.82) is 0 Å². The van der Waals surface area contributed by atoms with Gasteiger partial charge in [-0.3, -0.25) is 4.79 Å². The van der Waals surface area contributed by atoms with Crippen molar-refractivity contribution in [2.45, 2.75) is 18.9 Å². The molecule has 0 aliphatic rings. The van der Waals surface area contributed by atoms with Gasteiger partial charge >= 0.3 is 0 Å². The molecule has 7 heteroatoms. The number of nitrogens with one attached hydrogen (secondary N) is 2. The minimum Gasteiger partial charge on any atom is -0.506 e. The number of hydrogen-bond acceptors (Lipinski definition) is 7. The number of nitrogens with zero attached hydrogens (tertiary/aromatic N) is 1. The zero-order chi connectivity index (χ0) is 20.1. The van der Waals surface area contributed by atoms with Crippen LogP contribution in [0, 0.1) is 0 Å². The Labute approximate surface area is 162 Å². The topological polar surface area (TPSA) is 94.1 Å². The second kappa shape index (κ2) is 13.3. The van der Waals surface area contributed by atoms with Crippen LogP contribution in [0.3, 0.4) is 0 Å². The van der Waals surface area contributed by atoms with E-state index in [1.807, 2.05) is 0 Å². The van der Waals surface area contributed by atoms with Crippen LogP contribution in [0.15, 0.2) is 18.2 Å². The number of aliphatic hydroxyl groups excluding tert-OH is 1. The fourth-order valence-corrected chi connectivity index (χ4v) is 2.91. The molecule has 1 aromatic rings. The van der Waals surface area contributed by atoms with Crippen molar-refractivity contribution in [1.82, 2.24) is 10.2 Å². The Morgan fingerprint density at radius 3 is 2.70 bits per heavy atom. The van der Waals surface area contributed by atoms with Gasteiger partial charge in [0.15, 0.2) is 0 Å². The Morgan fingerprint density at radius 2 is 2.04 bits per heavy atom. The predicted octanol–water partition coefficient (Wildman–Crippen LogP) is 1.63. The molecule has 0 heterocycles. The van der Waals surface area contributed by atoms with Gasteiger partial charge in [-0.2, -0.15) is 0 Å². The van der Waals surface area contributed by atoms with Crippen LogP contribution in [-0.2, 0) is 9.53 Å². The molecule has 0 aliphatic heterocycles. The maximum atomic E-state index is 10.7. The number of carbonyl (C=O) groups is 1. The molecule has 1 atom stereocenters. The van der Waals surface area contributed by atoms with Crippen molar-refractivity contribution >= 4 is 18.0 Å². The highest BCUT2D eigenvalue weighted by Crippen LogP contribution is 2.33. The summed E-state index contributed by atoms with van der Waals surface area (Å²) in [6.07, 6.45) is 4.85. The van der Waals surface area contributed by atoms with Gasteiger partial charge in [0.05, 0.1) is 11.8 Å². The first-order valence-electron chi connectivity index (χ1n) is 9.26. The second-order valence-electron chi connectivity index (χ2n) is 6.43. The summed E-state index contributed by atoms with van der Waals surface area (Å²) in [6.45, 7) is 3.94. The van der Waals surface area contributed by atoms with Crippen LogP contribution in [0.1, 0.15) is 30.1 Å². The van der Waals surface area contributed by atoms with Gasteiger partial charge in [-0.1, -0.05) is 6.07 Å². The molecule has 1 unspecified atom stereocenters. The van der Waals surface area contributed by atoms with Crippen LogP contribution in [0.5, 0.6) is 5.75 Å². The fourth-order valence-electron chi connectivity index (χ4n) is 2.91. The third kappa shape index (κ3) is 8.09. The largest absolute Gasteiger partial charge is 0.506 e. The molecule has 0 bridgehead atoms. The molecule has 152 valence electrons. The lowest BCUT2D eigenvalue weighted by atomic mass is 9.99. The zero-order valence-electron chi connectivity index (χ0n) is 16.6. The fraction of sp³-hybridized carbons (Fsp3) is 0.550. The normalized spacial score (nSPS) is 12.6. The summed E-state index contributed by atoms with van der Waals surface area (Å²) in [7, 11) is 5.49. The molecular formula is C20H33N3O4. The molecule has 0 spiro atoms. The summed E-state index contributed by atoms with van der Waals surface area (Å²) in [5.74, 6) is 0.0727. The monoisotopic (exact) mass is 379 g/mol. The van der Waals surface area contributed by atoms with E-state index in [4.69, 9.17) is 4.74 Å². The molecule has 0 aliphatic carbocycles. The number of allylic oxidation sites excluding steroid dienone is 1. The molecule has 1 aromatic carbocycles. The second-order valence-corrected chi connectivity index (χ2v) is 6.43. The Morgan fingerprint density at radius 1 is 1.30 bits per heavy atom. The number of benzene rings is 1. The number of rotatable bonds is 14. The number of aliphatic hydroxyl groups is 1. The minimum atomic E-state index is -0.747. The van der Waals surface area contributed by atoms with Crippen molar-refractivity contribution in [3.8, 4) is 5.75 Å². The van der Waals surface area contributed by atoms with Crippen molar-refractivity contribution < 1.29 is 19.7 Å². The van der Waals surface area contributed by atoms with E-state index in [9.17, 15) is 15.0 Å². The Bertz CT molecular complexity index is 593. The summed E-state index contributed by atoms with van der Waals surface area (Å²) in [5.41, 5.74) is 1.75. The van der Waals surface area contributed by atoms with E-state index in [1.165, 1.54) is 12.1 Å². The Kier molecular flexibility index (Phi) is 11.4. The van der Waals surface area contributed by atoms with Gasteiger partial charge in [-0.05, 0) is 56.8 Å². The number of phenolic OH excluding ortho intramolecular Hbond substituents is 1. The molecule has 0 aromatic heterocycles. The van der Waals surface area contributed by atoms with Gasteiger partial charge in [0.2, 0.25) is 0 Å². The number of hydrogen-bond donors (Lipinski definition) is 4. The minimum absolute atomic E-state index is 0.0727. The summed E-state index contributed by atoms with van der Waals surface area (Å²) < 4.78 is 5.05. The number of ether oxygens (including phenoxy) is 1. The zero-order valence-corrected chi connectivity index (χ0v) is 16.6. The van der Waals surface area contributed by atoms with Gasteiger partial charge in [-0.15, -0.1) is 0 Å². The Hall–Kier alpha value is -1.93. The maximum Gasteiger partial charge on any atom is 0.142 e. The van der Waals surface area contributed by atoms with Crippen LogP contribution < -0.4 is 10.6 Å². The number of carbonyl (C=O) groups excluding carboxylic acids is 1. The smallest absolute Gasteiger partial charge is 0.142 e. The average molecular weight is 380 g/mol. The van der Waals surface area contributed by atoms with Crippen LogP contribution in [-0.4, -0.2) is 75.4 Å². The van der Waals surface area contributed by atoms with Crippen molar-refractivity contribution in [2.75, 3.05) is 59.3 Å². The molecule has 7 nitrogen and oxygen atoms in total. The van der Waals surface area contributed by atoms with Crippen molar-refractivity contribution in [3.05, 3.63) is 29.3 Å². The number of anilines is 1. The highest BCUT2D eigenvalue weighted by Gasteiger charge is 2.16. The standard InChI is InChI=1S/C20H33N3O4/c1-21-20-17(7-4-13-24)16(8-9-18(20)25)19(26)15-22-10-5-11-23(2)12-6-14-27-3/h4,7-9,13,19,21-22,25-26H,5-6,10-12,14-15H2,1-3H3/b7-4-. The molecule has 0 saturated carbocycles. The molecule has 0 amide bonds. The van der Waals surface area contributed by atoms with E-state index in [0.29, 0.717) is 29.6 Å². The maximum absolute atomic E-state index is 10.7. The highest BCUT2D eigenvalue weighted by atomic mass is 16.5. The SMILES string of the molecule is CNc1c(O)ccc(C(O)CNCCCN(C)CCCOC)c1/C=C\C=O. The molecule has 1 rings (SSSR count). The van der Waals surface area contributed by atoms with Gasteiger partial charge in [0.1, 0.15) is 12.0 Å². The molecular weight excluding hydrogens is 346 g/mol. The summed E-state index contributed by atoms with van der Waals surface area (Å²) >= 11 is 0. The first kappa shape index (κ1) is 23.1.